The van der Waals surface area contributed by atoms with E-state index in [4.69, 9.17) is 0 Å². The highest BCUT2D eigenvalue weighted by molar-refractivity contribution is 7.33. The standard InChI is InChI=1S/C48H53BN2S/c1-45(2,3)30-16-22-34(23-17-30)50-38-26-20-33(48(10,11)12)29-37(38)49-42-39(50)14-13-15-40(42)51(35-24-18-31(19-25-35)46(4,5)6)43-36-28-32(47(7,8)9)21-27-41(36)52-44(43)49/h13-29H,1-12H3. The fourth-order valence-corrected chi connectivity index (χ4v) is 9.42. The van der Waals surface area contributed by atoms with Crippen molar-refractivity contribution in [3.63, 3.8) is 0 Å². The summed E-state index contributed by atoms with van der Waals surface area (Å²) < 4.78 is 2.77. The Hall–Kier alpha value is -4.28. The van der Waals surface area contributed by atoms with Crippen LogP contribution in [-0.2, 0) is 21.7 Å². The first-order valence-electron chi connectivity index (χ1n) is 19.0. The third-order valence-electron chi connectivity index (χ3n) is 11.3. The van der Waals surface area contributed by atoms with Gasteiger partial charge in [0.25, 0.3) is 6.71 Å². The van der Waals surface area contributed by atoms with Gasteiger partial charge in [0.05, 0.1) is 5.69 Å². The van der Waals surface area contributed by atoms with Crippen molar-refractivity contribution in [2.24, 2.45) is 0 Å². The first-order chi connectivity index (χ1) is 24.3. The van der Waals surface area contributed by atoms with Crippen molar-refractivity contribution < 1.29 is 0 Å². The minimum absolute atomic E-state index is 0.0219. The predicted octanol–water partition coefficient (Wildman–Crippen LogP) is 12.2. The van der Waals surface area contributed by atoms with Crippen LogP contribution in [0.4, 0.5) is 34.1 Å². The fourth-order valence-electron chi connectivity index (χ4n) is 8.12. The van der Waals surface area contributed by atoms with Crippen LogP contribution in [0.5, 0.6) is 0 Å². The van der Waals surface area contributed by atoms with Crippen molar-refractivity contribution in [3.8, 4) is 0 Å². The molecule has 0 bridgehead atoms. The highest BCUT2D eigenvalue weighted by atomic mass is 32.1. The summed E-state index contributed by atoms with van der Waals surface area (Å²) in [5.41, 5.74) is 16.0. The molecule has 6 aromatic rings. The summed E-state index contributed by atoms with van der Waals surface area (Å²) in [7, 11) is 0. The van der Waals surface area contributed by atoms with Gasteiger partial charge in [-0.3, -0.25) is 0 Å². The molecule has 0 spiro atoms. The largest absolute Gasteiger partial charge is 0.311 e. The number of thiophene rings is 1. The summed E-state index contributed by atoms with van der Waals surface area (Å²) in [6, 6.07) is 40.1. The monoisotopic (exact) mass is 700 g/mol. The van der Waals surface area contributed by atoms with Crippen molar-refractivity contribution >= 4 is 78.0 Å². The van der Waals surface area contributed by atoms with E-state index in [1.165, 1.54) is 82.2 Å². The van der Waals surface area contributed by atoms with Gasteiger partial charge < -0.3 is 9.80 Å². The van der Waals surface area contributed by atoms with Crippen LogP contribution in [-0.4, -0.2) is 6.71 Å². The molecule has 0 saturated carbocycles. The van der Waals surface area contributed by atoms with E-state index in [0.29, 0.717) is 0 Å². The van der Waals surface area contributed by atoms with E-state index in [1.807, 2.05) is 11.3 Å². The minimum Gasteiger partial charge on any atom is -0.311 e. The maximum absolute atomic E-state index is 2.59. The second-order valence-corrected chi connectivity index (χ2v) is 20.3. The minimum atomic E-state index is 0.0219. The van der Waals surface area contributed by atoms with E-state index in [2.05, 4.69) is 196 Å². The summed E-state index contributed by atoms with van der Waals surface area (Å²) in [6.45, 7) is 27.9. The lowest BCUT2D eigenvalue weighted by Crippen LogP contribution is -2.60. The van der Waals surface area contributed by atoms with E-state index >= 15 is 0 Å². The number of hydrogen-bond donors (Lipinski definition) is 0. The Bertz CT molecular complexity index is 2340. The average Bonchev–Trinajstić information content (AvgIpc) is 3.45. The Kier molecular flexibility index (Phi) is 7.77. The highest BCUT2D eigenvalue weighted by Gasteiger charge is 2.45. The molecule has 0 fully saturated rings. The first kappa shape index (κ1) is 34.8. The van der Waals surface area contributed by atoms with Crippen molar-refractivity contribution in [3.05, 3.63) is 125 Å². The molecule has 0 amide bonds. The molecule has 1 aromatic heterocycles. The van der Waals surface area contributed by atoms with Gasteiger partial charge in [-0.25, -0.2) is 0 Å². The summed E-state index contributed by atoms with van der Waals surface area (Å²) >= 11 is 1.98. The third kappa shape index (κ3) is 5.61. The molecule has 2 aliphatic heterocycles. The second kappa shape index (κ2) is 11.6. The Morgan fingerprint density at radius 1 is 0.462 bits per heavy atom. The molecule has 8 rings (SSSR count). The number of anilines is 6. The van der Waals surface area contributed by atoms with Gasteiger partial charge in [0.2, 0.25) is 0 Å². The van der Waals surface area contributed by atoms with E-state index < -0.39 is 0 Å². The van der Waals surface area contributed by atoms with E-state index in [1.54, 1.807) is 0 Å². The molecular weight excluding hydrogens is 647 g/mol. The Balaban J connectivity index is 1.45. The van der Waals surface area contributed by atoms with Crippen LogP contribution >= 0.6 is 11.3 Å². The molecule has 4 heteroatoms. The number of benzene rings is 5. The van der Waals surface area contributed by atoms with Crippen molar-refractivity contribution in [2.75, 3.05) is 9.80 Å². The van der Waals surface area contributed by atoms with Gasteiger partial charge in [0, 0.05) is 43.3 Å². The van der Waals surface area contributed by atoms with Gasteiger partial charge in [-0.15, -0.1) is 11.3 Å². The maximum atomic E-state index is 2.59. The summed E-state index contributed by atoms with van der Waals surface area (Å²) in [5.74, 6) is 0. The lowest BCUT2D eigenvalue weighted by molar-refractivity contribution is 0.590. The molecular formula is C48H53BN2S. The zero-order valence-electron chi connectivity index (χ0n) is 33.2. The van der Waals surface area contributed by atoms with E-state index in [9.17, 15) is 0 Å². The normalized spacial score (nSPS) is 14.4. The molecule has 0 N–H and O–H groups in total. The van der Waals surface area contributed by atoms with Gasteiger partial charge in [0.1, 0.15) is 0 Å². The van der Waals surface area contributed by atoms with Crippen molar-refractivity contribution in [1.29, 1.82) is 0 Å². The second-order valence-electron chi connectivity index (χ2n) is 19.2. The molecule has 2 nitrogen and oxygen atoms in total. The van der Waals surface area contributed by atoms with Gasteiger partial charge in [-0.2, -0.15) is 0 Å². The molecule has 0 aliphatic carbocycles. The van der Waals surface area contributed by atoms with Crippen LogP contribution in [0.2, 0.25) is 0 Å². The predicted molar refractivity (Wildman–Crippen MR) is 231 cm³/mol. The summed E-state index contributed by atoms with van der Waals surface area (Å²) in [4.78, 5) is 5.11. The third-order valence-corrected chi connectivity index (χ3v) is 12.5. The van der Waals surface area contributed by atoms with Crippen LogP contribution in [0.1, 0.15) is 105 Å². The SMILES string of the molecule is CC(C)(C)c1ccc(N2c3ccc(C(C)(C)C)cc3B3c4sc5ccc(C(C)(C)C)cc5c4N(c4ccc(C(C)(C)C)cc4)c4cccc2c43)cc1. The Morgan fingerprint density at radius 2 is 0.923 bits per heavy atom. The summed E-state index contributed by atoms with van der Waals surface area (Å²) in [5, 5.41) is 1.34. The quantitative estimate of drug-likeness (QED) is 0.166. The molecule has 0 saturated heterocycles. The molecule has 0 atom stereocenters. The van der Waals surface area contributed by atoms with E-state index in [-0.39, 0.29) is 28.4 Å². The topological polar surface area (TPSA) is 6.48 Å². The summed E-state index contributed by atoms with van der Waals surface area (Å²) in [6.07, 6.45) is 0. The fraction of sp³-hybridized carbons (Fsp3) is 0.333. The molecule has 5 aromatic carbocycles. The average molecular weight is 701 g/mol. The molecule has 0 radical (unpaired) electrons. The van der Waals surface area contributed by atoms with Crippen LogP contribution in [0.15, 0.2) is 103 Å². The van der Waals surface area contributed by atoms with Gasteiger partial charge in [-0.05, 0) is 109 Å². The van der Waals surface area contributed by atoms with Crippen LogP contribution < -0.4 is 25.5 Å². The zero-order valence-corrected chi connectivity index (χ0v) is 34.0. The molecule has 264 valence electrons. The van der Waals surface area contributed by atoms with Crippen LogP contribution in [0.25, 0.3) is 10.1 Å². The number of nitrogens with zero attached hydrogens (tertiary/aromatic N) is 2. The van der Waals surface area contributed by atoms with Crippen molar-refractivity contribution in [1.82, 2.24) is 0 Å². The Labute approximate surface area is 316 Å². The lowest BCUT2D eigenvalue weighted by atomic mass is 9.36. The van der Waals surface area contributed by atoms with Gasteiger partial charge in [-0.1, -0.05) is 132 Å². The maximum Gasteiger partial charge on any atom is 0.264 e. The highest BCUT2D eigenvalue weighted by Crippen LogP contribution is 2.48. The molecule has 2 aliphatic rings. The van der Waals surface area contributed by atoms with Crippen molar-refractivity contribution in [2.45, 2.75) is 105 Å². The van der Waals surface area contributed by atoms with E-state index in [0.717, 1.165) is 0 Å². The van der Waals surface area contributed by atoms with Gasteiger partial charge in [0.15, 0.2) is 0 Å². The smallest absolute Gasteiger partial charge is 0.264 e. The van der Waals surface area contributed by atoms with Gasteiger partial charge >= 0.3 is 0 Å². The molecule has 52 heavy (non-hydrogen) atoms. The molecule has 3 heterocycles. The van der Waals surface area contributed by atoms with Crippen LogP contribution in [0.3, 0.4) is 0 Å². The molecule has 0 unspecified atom stereocenters. The number of fused-ring (bicyclic) bond motifs is 6. The lowest BCUT2D eigenvalue weighted by Gasteiger charge is -2.43. The first-order valence-corrected chi connectivity index (χ1v) is 19.8. The zero-order chi connectivity index (χ0) is 37.1. The number of hydrogen-bond acceptors (Lipinski definition) is 3. The number of rotatable bonds is 2. The van der Waals surface area contributed by atoms with Crippen LogP contribution in [0, 0.1) is 0 Å². The Morgan fingerprint density at radius 3 is 1.46 bits per heavy atom.